The van der Waals surface area contributed by atoms with Crippen molar-refractivity contribution >= 4 is 6.08 Å². The number of isocyanates is 1. The van der Waals surface area contributed by atoms with E-state index in [1.165, 1.54) is 18.4 Å². The summed E-state index contributed by atoms with van der Waals surface area (Å²) >= 11 is 0. The molecule has 0 spiro atoms. The Morgan fingerprint density at radius 3 is 2.50 bits per heavy atom. The topological polar surface area (TPSA) is 38.7 Å². The zero-order chi connectivity index (χ0) is 12.8. The summed E-state index contributed by atoms with van der Waals surface area (Å²) < 4.78 is 5.45. The van der Waals surface area contributed by atoms with Crippen LogP contribution in [0.25, 0.3) is 0 Å². The van der Waals surface area contributed by atoms with Crippen LogP contribution in [0.15, 0.2) is 29.3 Å². The van der Waals surface area contributed by atoms with Crippen molar-refractivity contribution in [1.29, 1.82) is 0 Å². The van der Waals surface area contributed by atoms with E-state index in [0.717, 1.165) is 18.6 Å². The highest BCUT2D eigenvalue weighted by molar-refractivity contribution is 5.37. The fourth-order valence-electron chi connectivity index (χ4n) is 2.84. The quantitative estimate of drug-likeness (QED) is 0.590. The van der Waals surface area contributed by atoms with Gasteiger partial charge in [-0.2, -0.15) is 0 Å². The fourth-order valence-corrected chi connectivity index (χ4v) is 2.84. The van der Waals surface area contributed by atoms with Crippen LogP contribution in [0.1, 0.15) is 38.2 Å². The van der Waals surface area contributed by atoms with Gasteiger partial charge in [-0.15, -0.1) is 0 Å². The van der Waals surface area contributed by atoms with E-state index in [4.69, 9.17) is 4.74 Å². The van der Waals surface area contributed by atoms with Crippen LogP contribution in [-0.2, 0) is 10.2 Å². The van der Waals surface area contributed by atoms with Gasteiger partial charge in [0.05, 0.1) is 13.2 Å². The lowest BCUT2D eigenvalue weighted by Gasteiger charge is -2.27. The van der Waals surface area contributed by atoms with Crippen molar-refractivity contribution in [2.24, 2.45) is 4.99 Å². The number of benzene rings is 1. The second kappa shape index (κ2) is 5.83. The van der Waals surface area contributed by atoms with Crippen molar-refractivity contribution in [1.82, 2.24) is 0 Å². The molecule has 0 heterocycles. The van der Waals surface area contributed by atoms with Gasteiger partial charge < -0.3 is 4.74 Å². The number of ether oxygens (including phenoxy) is 1. The lowest BCUT2D eigenvalue weighted by atomic mass is 9.79. The van der Waals surface area contributed by atoms with E-state index >= 15 is 0 Å². The lowest BCUT2D eigenvalue weighted by molar-refractivity contribution is 0.339. The normalized spacial score (nSPS) is 17.2. The number of carbonyl (C=O) groups excluding carboxylic acids is 1. The maximum atomic E-state index is 10.4. The van der Waals surface area contributed by atoms with E-state index < -0.39 is 0 Å². The van der Waals surface area contributed by atoms with Gasteiger partial charge in [0, 0.05) is 5.41 Å². The third-order valence-corrected chi connectivity index (χ3v) is 3.78. The van der Waals surface area contributed by atoms with Gasteiger partial charge in [0.25, 0.3) is 0 Å². The van der Waals surface area contributed by atoms with Gasteiger partial charge in [-0.25, -0.2) is 9.79 Å². The molecule has 1 saturated carbocycles. The molecule has 0 unspecified atom stereocenters. The summed E-state index contributed by atoms with van der Waals surface area (Å²) in [6, 6.07) is 8.22. The first-order valence-electron chi connectivity index (χ1n) is 6.58. The van der Waals surface area contributed by atoms with Gasteiger partial charge in [-0.3, -0.25) is 0 Å². The minimum atomic E-state index is 0.0438. The Kier molecular flexibility index (Phi) is 4.16. The van der Waals surface area contributed by atoms with Crippen molar-refractivity contribution < 1.29 is 9.53 Å². The molecule has 1 aliphatic carbocycles. The first-order chi connectivity index (χ1) is 8.80. The average molecular weight is 245 g/mol. The first-order valence-corrected chi connectivity index (χ1v) is 6.58. The Morgan fingerprint density at radius 1 is 1.28 bits per heavy atom. The molecule has 2 rings (SSSR count). The van der Waals surface area contributed by atoms with E-state index in [2.05, 4.69) is 17.1 Å². The van der Waals surface area contributed by atoms with Gasteiger partial charge in [0.15, 0.2) is 0 Å². The minimum absolute atomic E-state index is 0.0438. The van der Waals surface area contributed by atoms with Crippen molar-refractivity contribution in [3.63, 3.8) is 0 Å². The second-order valence-corrected chi connectivity index (χ2v) is 4.85. The molecule has 1 aromatic rings. The maximum Gasteiger partial charge on any atom is 0.234 e. The van der Waals surface area contributed by atoms with Crippen molar-refractivity contribution in [3.8, 4) is 5.75 Å². The summed E-state index contributed by atoms with van der Waals surface area (Å²) in [5.74, 6) is 0.897. The Morgan fingerprint density at radius 2 is 1.94 bits per heavy atom. The molecule has 96 valence electrons. The molecular weight excluding hydrogens is 226 g/mol. The number of nitrogens with zero attached hydrogens (tertiary/aromatic N) is 1. The van der Waals surface area contributed by atoms with Gasteiger partial charge in [-0.05, 0) is 37.5 Å². The molecule has 18 heavy (non-hydrogen) atoms. The van der Waals surface area contributed by atoms with Crippen LogP contribution in [0.2, 0.25) is 0 Å². The summed E-state index contributed by atoms with van der Waals surface area (Å²) in [6.07, 6.45) is 6.30. The van der Waals surface area contributed by atoms with Gasteiger partial charge >= 0.3 is 0 Å². The number of hydrogen-bond donors (Lipinski definition) is 0. The van der Waals surface area contributed by atoms with Gasteiger partial charge in [-0.1, -0.05) is 25.0 Å². The Hall–Kier alpha value is -1.60. The Balaban J connectivity index is 2.22. The van der Waals surface area contributed by atoms with E-state index in [0.29, 0.717) is 13.2 Å². The SMILES string of the molecule is CCOc1ccc(C2(CN=C=O)CCCC2)cc1. The summed E-state index contributed by atoms with van der Waals surface area (Å²) in [6.45, 7) is 3.22. The average Bonchev–Trinajstić information content (AvgIpc) is 2.88. The number of rotatable bonds is 5. The predicted molar refractivity (Wildman–Crippen MR) is 70.7 cm³/mol. The van der Waals surface area contributed by atoms with Crippen LogP contribution >= 0.6 is 0 Å². The van der Waals surface area contributed by atoms with Crippen LogP contribution in [0.3, 0.4) is 0 Å². The minimum Gasteiger partial charge on any atom is -0.494 e. The van der Waals surface area contributed by atoms with E-state index in [1.54, 1.807) is 6.08 Å². The molecule has 0 aromatic heterocycles. The maximum absolute atomic E-state index is 10.4. The Bertz CT molecular complexity index is 426. The predicted octanol–water partition coefficient (Wildman–Crippen LogP) is 3.23. The molecule has 0 saturated heterocycles. The van der Waals surface area contributed by atoms with Gasteiger partial charge in [0.2, 0.25) is 6.08 Å². The lowest BCUT2D eigenvalue weighted by Crippen LogP contribution is -2.25. The molecule has 0 amide bonds. The van der Waals surface area contributed by atoms with Gasteiger partial charge in [0.1, 0.15) is 5.75 Å². The van der Waals surface area contributed by atoms with Crippen molar-refractivity contribution in [2.45, 2.75) is 38.0 Å². The van der Waals surface area contributed by atoms with E-state index in [1.807, 2.05) is 19.1 Å². The third-order valence-electron chi connectivity index (χ3n) is 3.78. The summed E-state index contributed by atoms with van der Waals surface area (Å²) in [4.78, 5) is 14.2. The molecule has 1 aromatic carbocycles. The smallest absolute Gasteiger partial charge is 0.234 e. The zero-order valence-corrected chi connectivity index (χ0v) is 10.8. The molecule has 0 radical (unpaired) electrons. The van der Waals surface area contributed by atoms with Crippen molar-refractivity contribution in [2.75, 3.05) is 13.2 Å². The van der Waals surface area contributed by atoms with Crippen LogP contribution in [0, 0.1) is 0 Å². The second-order valence-electron chi connectivity index (χ2n) is 4.85. The number of hydrogen-bond acceptors (Lipinski definition) is 3. The third kappa shape index (κ3) is 2.62. The number of aliphatic imine (C=N–C) groups is 1. The molecule has 1 fully saturated rings. The van der Waals surface area contributed by atoms with Crippen LogP contribution in [-0.4, -0.2) is 19.2 Å². The van der Waals surface area contributed by atoms with Crippen molar-refractivity contribution in [3.05, 3.63) is 29.8 Å². The molecule has 3 nitrogen and oxygen atoms in total. The zero-order valence-electron chi connectivity index (χ0n) is 10.8. The van der Waals surface area contributed by atoms with E-state index in [-0.39, 0.29) is 5.41 Å². The van der Waals surface area contributed by atoms with E-state index in [9.17, 15) is 4.79 Å². The first kappa shape index (κ1) is 12.8. The van der Waals surface area contributed by atoms with Crippen LogP contribution in [0.5, 0.6) is 5.75 Å². The molecule has 0 aliphatic heterocycles. The summed E-state index contributed by atoms with van der Waals surface area (Å²) in [7, 11) is 0. The largest absolute Gasteiger partial charge is 0.494 e. The monoisotopic (exact) mass is 245 g/mol. The highest BCUT2D eigenvalue weighted by atomic mass is 16.5. The summed E-state index contributed by atoms with van der Waals surface area (Å²) in [5, 5.41) is 0. The summed E-state index contributed by atoms with van der Waals surface area (Å²) in [5.41, 5.74) is 1.31. The van der Waals surface area contributed by atoms with Crippen LogP contribution < -0.4 is 4.74 Å². The Labute approximate surface area is 108 Å². The molecule has 0 N–H and O–H groups in total. The molecular formula is C15H19NO2. The fraction of sp³-hybridized carbons (Fsp3) is 0.533. The molecule has 1 aliphatic rings. The molecule has 3 heteroatoms. The highest BCUT2D eigenvalue weighted by Crippen LogP contribution is 2.41. The van der Waals surface area contributed by atoms with Crippen LogP contribution in [0.4, 0.5) is 0 Å². The molecule has 0 bridgehead atoms. The highest BCUT2D eigenvalue weighted by Gasteiger charge is 2.35. The standard InChI is InChI=1S/C15H19NO2/c1-2-18-14-7-5-13(6-8-14)15(11-16-12-17)9-3-4-10-15/h5-8H,2-4,9-11H2,1H3. The molecule has 0 atom stereocenters.